The smallest absolute Gasteiger partial charge is 0.320 e. The van der Waals surface area contributed by atoms with E-state index in [4.69, 9.17) is 15.9 Å². The maximum Gasteiger partial charge on any atom is 0.320 e. The molecule has 0 radical (unpaired) electrons. The molecule has 6 N–H and O–H groups in total. The highest BCUT2D eigenvalue weighted by Crippen LogP contribution is 1.96. The standard InChI is InChI=1S/C5H11NO2.C2H5NO2/c1-3(2)4(6)5(7)8;3-1-2(4)5/h3-4H,6H2,1-2H3,(H,7,8);1,3H2,(H,4,5). The van der Waals surface area contributed by atoms with Crippen LogP contribution in [0.4, 0.5) is 0 Å². The number of carboxylic acid groups (broad SMARTS) is 2. The van der Waals surface area contributed by atoms with E-state index in [0.29, 0.717) is 0 Å². The molecule has 0 bridgehead atoms. The van der Waals surface area contributed by atoms with Crippen molar-refractivity contribution in [1.29, 1.82) is 0 Å². The van der Waals surface area contributed by atoms with Gasteiger partial charge in [0.05, 0.1) is 6.54 Å². The van der Waals surface area contributed by atoms with Gasteiger partial charge in [-0.1, -0.05) is 13.8 Å². The second-order valence-electron chi connectivity index (χ2n) is 2.71. The summed E-state index contributed by atoms with van der Waals surface area (Å²) in [5.41, 5.74) is 9.73. The fourth-order valence-electron chi connectivity index (χ4n) is 0.285. The second-order valence-corrected chi connectivity index (χ2v) is 2.71. The van der Waals surface area contributed by atoms with Gasteiger partial charge in [-0.05, 0) is 5.92 Å². The predicted octanol–water partition coefficient (Wildman–Crippen LogP) is -0.916. The fraction of sp³-hybridized carbons (Fsp3) is 0.714. The molecule has 0 heterocycles. The van der Waals surface area contributed by atoms with E-state index in [-0.39, 0.29) is 12.5 Å². The third kappa shape index (κ3) is 10.9. The molecule has 1 unspecified atom stereocenters. The van der Waals surface area contributed by atoms with Crippen LogP contribution >= 0.6 is 0 Å². The van der Waals surface area contributed by atoms with Crippen LogP contribution in [0.2, 0.25) is 0 Å². The van der Waals surface area contributed by atoms with Crippen LogP contribution in [0.25, 0.3) is 0 Å². The Morgan fingerprint density at radius 2 is 1.62 bits per heavy atom. The highest BCUT2D eigenvalue weighted by molar-refractivity contribution is 5.73. The van der Waals surface area contributed by atoms with Crippen LogP contribution in [0.5, 0.6) is 0 Å². The topological polar surface area (TPSA) is 127 Å². The quantitative estimate of drug-likeness (QED) is 0.458. The number of hydrogen-bond donors (Lipinski definition) is 4. The summed E-state index contributed by atoms with van der Waals surface area (Å²) >= 11 is 0. The van der Waals surface area contributed by atoms with Gasteiger partial charge in [0.2, 0.25) is 0 Å². The first-order valence-corrected chi connectivity index (χ1v) is 3.73. The molecule has 0 fully saturated rings. The zero-order valence-corrected chi connectivity index (χ0v) is 7.73. The van der Waals surface area contributed by atoms with Crippen molar-refractivity contribution in [2.75, 3.05) is 6.54 Å². The molecule has 0 saturated heterocycles. The van der Waals surface area contributed by atoms with Gasteiger partial charge in [0.1, 0.15) is 6.04 Å². The third-order valence-corrected chi connectivity index (χ3v) is 1.18. The van der Waals surface area contributed by atoms with Gasteiger partial charge in [-0.2, -0.15) is 0 Å². The summed E-state index contributed by atoms with van der Waals surface area (Å²) in [6.45, 7) is 3.28. The largest absolute Gasteiger partial charge is 0.480 e. The van der Waals surface area contributed by atoms with Crippen LogP contribution in [-0.4, -0.2) is 34.7 Å². The Morgan fingerprint density at radius 3 is 1.62 bits per heavy atom. The Labute approximate surface area is 76.5 Å². The van der Waals surface area contributed by atoms with Gasteiger partial charge in [0.15, 0.2) is 0 Å². The summed E-state index contributed by atoms with van der Waals surface area (Å²) < 4.78 is 0. The Morgan fingerprint density at radius 1 is 1.31 bits per heavy atom. The van der Waals surface area contributed by atoms with Crippen LogP contribution in [-0.2, 0) is 9.59 Å². The van der Waals surface area contributed by atoms with Crippen molar-refractivity contribution < 1.29 is 19.8 Å². The molecule has 6 heteroatoms. The van der Waals surface area contributed by atoms with E-state index in [1.807, 2.05) is 0 Å². The third-order valence-electron chi connectivity index (χ3n) is 1.18. The van der Waals surface area contributed by atoms with Crippen molar-refractivity contribution in [3.05, 3.63) is 0 Å². The Kier molecular flexibility index (Phi) is 8.31. The highest BCUT2D eigenvalue weighted by atomic mass is 16.4. The van der Waals surface area contributed by atoms with Crippen LogP contribution < -0.4 is 11.5 Å². The summed E-state index contributed by atoms with van der Waals surface area (Å²) in [7, 11) is 0. The monoisotopic (exact) mass is 192 g/mol. The molecule has 0 aliphatic carbocycles. The van der Waals surface area contributed by atoms with Crippen molar-refractivity contribution in [2.45, 2.75) is 19.9 Å². The molecule has 0 rings (SSSR count). The van der Waals surface area contributed by atoms with Crippen molar-refractivity contribution >= 4 is 11.9 Å². The summed E-state index contributed by atoms with van der Waals surface area (Å²) in [6.07, 6.45) is 0. The maximum atomic E-state index is 10.0. The maximum absolute atomic E-state index is 10.0. The molecule has 13 heavy (non-hydrogen) atoms. The molecule has 0 aromatic heterocycles. The van der Waals surface area contributed by atoms with Crippen LogP contribution in [0.3, 0.4) is 0 Å². The summed E-state index contributed by atoms with van der Waals surface area (Å²) in [4.78, 5) is 19.3. The average Bonchev–Trinajstić information content (AvgIpc) is 2.03. The summed E-state index contributed by atoms with van der Waals surface area (Å²) in [5.74, 6) is -1.88. The van der Waals surface area contributed by atoms with Gasteiger partial charge in [0.25, 0.3) is 0 Å². The summed E-state index contributed by atoms with van der Waals surface area (Å²) in [6, 6.07) is -0.713. The molecule has 0 aliphatic heterocycles. The van der Waals surface area contributed by atoms with E-state index in [2.05, 4.69) is 5.73 Å². The van der Waals surface area contributed by atoms with E-state index in [9.17, 15) is 9.59 Å². The fourth-order valence-corrected chi connectivity index (χ4v) is 0.285. The zero-order valence-electron chi connectivity index (χ0n) is 7.73. The number of hydrogen-bond acceptors (Lipinski definition) is 4. The molecule has 0 aliphatic rings. The molecule has 1 atom stereocenters. The molecule has 0 amide bonds. The number of nitrogens with two attached hydrogens (primary N) is 2. The van der Waals surface area contributed by atoms with Crippen LogP contribution in [0.1, 0.15) is 13.8 Å². The van der Waals surface area contributed by atoms with E-state index in [1.54, 1.807) is 13.8 Å². The summed E-state index contributed by atoms with van der Waals surface area (Å²) in [5, 5.41) is 15.8. The van der Waals surface area contributed by atoms with Crippen molar-refractivity contribution in [2.24, 2.45) is 17.4 Å². The molecular weight excluding hydrogens is 176 g/mol. The number of rotatable bonds is 3. The first kappa shape index (κ1) is 14.4. The first-order valence-electron chi connectivity index (χ1n) is 3.73. The number of aliphatic carboxylic acids is 2. The molecule has 0 spiro atoms. The Balaban J connectivity index is 0. The van der Waals surface area contributed by atoms with E-state index in [0.717, 1.165) is 0 Å². The normalized spacial score (nSPS) is 11.5. The molecule has 0 aromatic rings. The minimum Gasteiger partial charge on any atom is -0.480 e. The van der Waals surface area contributed by atoms with Crippen LogP contribution in [0.15, 0.2) is 0 Å². The van der Waals surface area contributed by atoms with Gasteiger partial charge in [0, 0.05) is 0 Å². The van der Waals surface area contributed by atoms with Gasteiger partial charge in [-0.25, -0.2) is 0 Å². The minimum absolute atomic E-state index is 0.0208. The minimum atomic E-state index is -0.968. The lowest BCUT2D eigenvalue weighted by molar-refractivity contribution is -0.139. The Bertz CT molecular complexity index is 170. The Hall–Kier alpha value is -1.14. The second kappa shape index (κ2) is 7.51. The average molecular weight is 192 g/mol. The lowest BCUT2D eigenvalue weighted by atomic mass is 10.1. The van der Waals surface area contributed by atoms with E-state index >= 15 is 0 Å². The molecule has 0 saturated carbocycles. The van der Waals surface area contributed by atoms with Gasteiger partial charge >= 0.3 is 11.9 Å². The van der Waals surface area contributed by atoms with Crippen molar-refractivity contribution in [3.63, 3.8) is 0 Å². The van der Waals surface area contributed by atoms with Gasteiger partial charge < -0.3 is 21.7 Å². The number of carbonyl (C=O) groups is 2. The van der Waals surface area contributed by atoms with Crippen LogP contribution in [0, 0.1) is 5.92 Å². The SMILES string of the molecule is CC(C)C(N)C(=O)O.NCC(=O)O. The van der Waals surface area contributed by atoms with E-state index < -0.39 is 18.0 Å². The number of carboxylic acids is 2. The lowest BCUT2D eigenvalue weighted by Crippen LogP contribution is -2.34. The molecule has 0 aromatic carbocycles. The lowest BCUT2D eigenvalue weighted by Gasteiger charge is -2.07. The molecule has 6 nitrogen and oxygen atoms in total. The van der Waals surface area contributed by atoms with Gasteiger partial charge in [-0.3, -0.25) is 9.59 Å². The predicted molar refractivity (Wildman–Crippen MR) is 47.1 cm³/mol. The molecule has 78 valence electrons. The zero-order chi connectivity index (χ0) is 11.0. The van der Waals surface area contributed by atoms with E-state index in [1.165, 1.54) is 0 Å². The van der Waals surface area contributed by atoms with Crippen molar-refractivity contribution in [3.8, 4) is 0 Å². The van der Waals surface area contributed by atoms with Crippen molar-refractivity contribution in [1.82, 2.24) is 0 Å². The van der Waals surface area contributed by atoms with Gasteiger partial charge in [-0.15, -0.1) is 0 Å². The molecular formula is C7H16N2O4. The highest BCUT2D eigenvalue weighted by Gasteiger charge is 2.14. The first-order chi connectivity index (χ1) is 5.82.